The monoisotopic (exact) mass is 1600 g/mol. The molecule has 0 unspecified atom stereocenters. The minimum absolute atomic E-state index is 0.464. The number of nitrogens with zero attached hydrogens (tertiary/aromatic N) is 9. The normalized spacial score (nSPS) is 12.0. The highest BCUT2D eigenvalue weighted by molar-refractivity contribution is 6.18. The number of para-hydroxylation sites is 8. The zero-order valence-electron chi connectivity index (χ0n) is 68.2. The quantitative estimate of drug-likeness (QED) is 0.116. The van der Waals surface area contributed by atoms with E-state index in [0.717, 1.165) is 183 Å². The van der Waals surface area contributed by atoms with E-state index in [1.54, 1.807) is 0 Å². The van der Waals surface area contributed by atoms with Gasteiger partial charge in [0.15, 0.2) is 5.82 Å². The number of hydrogen-bond donors (Lipinski definition) is 0. The highest BCUT2D eigenvalue weighted by atomic mass is 15.3. The lowest BCUT2D eigenvalue weighted by molar-refractivity contribution is 0.893. The summed E-state index contributed by atoms with van der Waals surface area (Å²) in [4.78, 5) is 18.0. The first-order chi connectivity index (χ1) is 62.5. The molecular weight excluding hydrogens is 1530 g/mol. The summed E-state index contributed by atoms with van der Waals surface area (Å²) in [5, 5.41) is 13.7. The molecule has 0 aliphatic carbocycles. The SMILES string of the molecule is c1ccc(-c2cccc(-c3cccc(-c4nc(-n5c6cc(-c7ccc8c(c7)c7ccccc7n8-c7ccccc7)ccc6c6ccc(-c7ccc8c(c7)c7ccccc7n8-c7ccccc7)cc65)nc(-n5c6cc(-c7ccc8c(c7)c7ccccc7n8-c7ccccc7)ccc6c6ccc(-c7ccc8c(c7)c7ccccc7n8-c7ccccc7)cc65)n4)c3)c2)cc1. The summed E-state index contributed by atoms with van der Waals surface area (Å²) in [5.41, 5.74) is 31.2. The predicted octanol–water partition coefficient (Wildman–Crippen LogP) is 30.1. The number of benzene rings is 19. The van der Waals surface area contributed by atoms with Crippen LogP contribution in [0.4, 0.5) is 0 Å². The first-order valence-electron chi connectivity index (χ1n) is 43.0. The maximum atomic E-state index is 6.10. The maximum absolute atomic E-state index is 6.10. The molecule has 7 aromatic heterocycles. The summed E-state index contributed by atoms with van der Waals surface area (Å²) >= 11 is 0. The Morgan fingerprint density at radius 1 is 0.119 bits per heavy atom. The topological polar surface area (TPSA) is 68.2 Å². The van der Waals surface area contributed by atoms with Gasteiger partial charge in [0, 0.05) is 92.9 Å². The van der Waals surface area contributed by atoms with Crippen molar-refractivity contribution in [3.63, 3.8) is 0 Å². The van der Waals surface area contributed by atoms with Gasteiger partial charge in [-0.15, -0.1) is 0 Å². The molecule has 0 spiro atoms. The molecule has 0 N–H and O–H groups in total. The van der Waals surface area contributed by atoms with Gasteiger partial charge in [-0.2, -0.15) is 15.0 Å². The van der Waals surface area contributed by atoms with Gasteiger partial charge < -0.3 is 18.3 Å². The van der Waals surface area contributed by atoms with Crippen molar-refractivity contribution in [3.8, 4) is 113 Å². The number of rotatable bonds is 13. The molecule has 586 valence electrons. The zero-order valence-corrected chi connectivity index (χ0v) is 68.2. The van der Waals surface area contributed by atoms with Crippen molar-refractivity contribution in [1.29, 1.82) is 0 Å². The lowest BCUT2D eigenvalue weighted by Crippen LogP contribution is -2.10. The first-order valence-corrected chi connectivity index (χ1v) is 43.0. The second kappa shape index (κ2) is 28.3. The van der Waals surface area contributed by atoms with E-state index < -0.39 is 0 Å². The lowest BCUT2D eigenvalue weighted by atomic mass is 9.98. The average Bonchev–Trinajstić information content (AvgIpc) is 1.57. The number of aromatic nitrogens is 9. The molecule has 0 aliphatic rings. The van der Waals surface area contributed by atoms with Crippen LogP contribution in [0.2, 0.25) is 0 Å². The summed E-state index contributed by atoms with van der Waals surface area (Å²) in [6.07, 6.45) is 0. The van der Waals surface area contributed by atoms with E-state index in [2.05, 4.69) is 470 Å². The molecule has 26 rings (SSSR count). The van der Waals surface area contributed by atoms with Gasteiger partial charge in [0.25, 0.3) is 0 Å². The van der Waals surface area contributed by atoms with Gasteiger partial charge in [-0.25, -0.2) is 0 Å². The third-order valence-electron chi connectivity index (χ3n) is 26.1. The van der Waals surface area contributed by atoms with E-state index in [1.807, 2.05) is 0 Å². The van der Waals surface area contributed by atoms with Crippen molar-refractivity contribution >= 4 is 131 Å². The molecule has 0 bridgehead atoms. The third-order valence-corrected chi connectivity index (χ3v) is 26.1. The van der Waals surface area contributed by atoms with Crippen molar-refractivity contribution in [3.05, 3.63) is 443 Å². The van der Waals surface area contributed by atoms with Gasteiger partial charge in [0.2, 0.25) is 11.9 Å². The number of fused-ring (bicyclic) bond motifs is 18. The van der Waals surface area contributed by atoms with Gasteiger partial charge in [-0.3, -0.25) is 9.13 Å². The van der Waals surface area contributed by atoms with E-state index in [9.17, 15) is 0 Å². The molecule has 9 nitrogen and oxygen atoms in total. The van der Waals surface area contributed by atoms with E-state index in [0.29, 0.717) is 17.7 Å². The van der Waals surface area contributed by atoms with Crippen molar-refractivity contribution in [2.24, 2.45) is 0 Å². The molecule has 26 aromatic rings. The highest BCUT2D eigenvalue weighted by Crippen LogP contribution is 2.46. The molecule has 0 radical (unpaired) electrons. The molecule has 0 atom stereocenters. The van der Waals surface area contributed by atoms with Gasteiger partial charge in [-0.1, -0.05) is 285 Å². The second-order valence-electron chi connectivity index (χ2n) is 33.1. The van der Waals surface area contributed by atoms with Gasteiger partial charge in [-0.05, 0) is 224 Å². The third kappa shape index (κ3) is 11.2. The molecule has 19 aromatic carbocycles. The summed E-state index contributed by atoms with van der Waals surface area (Å²) in [7, 11) is 0. The van der Waals surface area contributed by atoms with Gasteiger partial charge in [0.05, 0.1) is 66.2 Å². The Balaban J connectivity index is 0.741. The van der Waals surface area contributed by atoms with Crippen LogP contribution in [0.3, 0.4) is 0 Å². The molecule has 0 fully saturated rings. The van der Waals surface area contributed by atoms with Crippen LogP contribution in [-0.4, -0.2) is 42.4 Å². The molecule has 9 heteroatoms. The van der Waals surface area contributed by atoms with Crippen molar-refractivity contribution < 1.29 is 0 Å². The first kappa shape index (κ1) is 70.8. The molecule has 0 saturated carbocycles. The maximum Gasteiger partial charge on any atom is 0.240 e. The minimum atomic E-state index is 0.464. The van der Waals surface area contributed by atoms with E-state index in [1.165, 1.54) is 43.1 Å². The highest BCUT2D eigenvalue weighted by Gasteiger charge is 2.26. The van der Waals surface area contributed by atoms with Crippen molar-refractivity contribution in [2.45, 2.75) is 0 Å². The van der Waals surface area contributed by atoms with E-state index >= 15 is 0 Å². The van der Waals surface area contributed by atoms with Crippen LogP contribution in [0.15, 0.2) is 443 Å². The van der Waals surface area contributed by atoms with E-state index in [-0.39, 0.29) is 0 Å². The van der Waals surface area contributed by atoms with Crippen molar-refractivity contribution in [1.82, 2.24) is 42.4 Å². The Bertz CT molecular complexity index is 8070. The Hall–Kier alpha value is -17.0. The summed E-state index contributed by atoms with van der Waals surface area (Å²) < 4.78 is 14.2. The minimum Gasteiger partial charge on any atom is -0.309 e. The van der Waals surface area contributed by atoms with Crippen LogP contribution in [0, 0.1) is 0 Å². The predicted molar refractivity (Wildman–Crippen MR) is 524 cm³/mol. The van der Waals surface area contributed by atoms with Crippen LogP contribution in [-0.2, 0) is 0 Å². The molecule has 0 aliphatic heterocycles. The summed E-state index contributed by atoms with van der Waals surface area (Å²) in [5.74, 6) is 1.44. The van der Waals surface area contributed by atoms with Crippen LogP contribution >= 0.6 is 0 Å². The van der Waals surface area contributed by atoms with Crippen LogP contribution in [0.5, 0.6) is 0 Å². The van der Waals surface area contributed by atoms with Crippen LogP contribution in [0.25, 0.3) is 244 Å². The Labute approximate surface area is 724 Å². The van der Waals surface area contributed by atoms with E-state index in [4.69, 9.17) is 15.0 Å². The Morgan fingerprint density at radius 3 is 0.643 bits per heavy atom. The largest absolute Gasteiger partial charge is 0.309 e. The molecule has 126 heavy (non-hydrogen) atoms. The summed E-state index contributed by atoms with van der Waals surface area (Å²) in [6, 6.07) is 162. The fourth-order valence-corrected chi connectivity index (χ4v) is 20.2. The zero-order chi connectivity index (χ0) is 82.6. The Kier molecular flexibility index (Phi) is 15.9. The Morgan fingerprint density at radius 2 is 0.333 bits per heavy atom. The lowest BCUT2D eigenvalue weighted by Gasteiger charge is -2.14. The molecule has 7 heterocycles. The second-order valence-corrected chi connectivity index (χ2v) is 33.1. The fraction of sp³-hybridized carbons (Fsp3) is 0. The summed E-state index contributed by atoms with van der Waals surface area (Å²) in [6.45, 7) is 0. The van der Waals surface area contributed by atoms with Gasteiger partial charge >= 0.3 is 0 Å². The molecule has 0 saturated heterocycles. The molecular formula is C117H73N9. The number of hydrogen-bond acceptors (Lipinski definition) is 3. The molecule has 0 amide bonds. The van der Waals surface area contributed by atoms with Crippen LogP contribution in [0.1, 0.15) is 0 Å². The fourth-order valence-electron chi connectivity index (χ4n) is 20.2. The standard InChI is InChI=1S/C117H73N9/c1-6-26-74(27-7-1)75-28-24-29-76(64-75)77-30-25-31-86(65-77)115-118-116(125-111-70-82(78-52-60-107-99(66-78)91-40-16-20-44-103(91)121(107)87-32-8-2-9-33-87)48-56-95(111)96-57-49-83(71-112(96)125)79-53-61-108-100(67-79)92-41-17-21-45-104(92)122(108)88-34-10-3-11-35-88)120-117(119-115)126-113-72-84(80-54-62-109-101(68-80)93-42-18-22-46-105(93)123(109)89-36-12-4-13-37-89)50-58-97(113)98-59-51-85(73-114(98)126)81-55-63-110-102(69-81)94-43-19-23-47-106(94)124(110)90-38-14-5-15-39-90/h1-73H. The average molecular weight is 1600 g/mol. The smallest absolute Gasteiger partial charge is 0.240 e. The van der Waals surface area contributed by atoms with Crippen LogP contribution < -0.4 is 0 Å². The van der Waals surface area contributed by atoms with Crippen molar-refractivity contribution in [2.75, 3.05) is 0 Å². The van der Waals surface area contributed by atoms with Gasteiger partial charge in [0.1, 0.15) is 0 Å².